The number of hydrogen-bond donors (Lipinski definition) is 2. The van der Waals surface area contributed by atoms with Crippen LogP contribution in [0.25, 0.3) is 5.82 Å². The quantitative estimate of drug-likeness (QED) is 0.467. The Morgan fingerprint density at radius 1 is 1.11 bits per heavy atom. The molecule has 0 aliphatic heterocycles. The lowest BCUT2D eigenvalue weighted by Gasteiger charge is -2.18. The van der Waals surface area contributed by atoms with Gasteiger partial charge in [-0.1, -0.05) is 30.3 Å². The summed E-state index contributed by atoms with van der Waals surface area (Å²) in [4.78, 5) is 9.11. The van der Waals surface area contributed by atoms with Crippen molar-refractivity contribution in [2.75, 3.05) is 6.54 Å². The van der Waals surface area contributed by atoms with Crippen molar-refractivity contribution in [1.82, 2.24) is 25.4 Å². The first kappa shape index (κ1) is 19.6. The van der Waals surface area contributed by atoms with Gasteiger partial charge in [0.25, 0.3) is 0 Å². The summed E-state index contributed by atoms with van der Waals surface area (Å²) in [7, 11) is 0. The second-order valence-electron chi connectivity index (χ2n) is 6.74. The zero-order valence-corrected chi connectivity index (χ0v) is 16.5. The van der Waals surface area contributed by atoms with Crippen molar-refractivity contribution < 1.29 is 0 Å². The van der Waals surface area contributed by atoms with Crippen molar-refractivity contribution in [2.24, 2.45) is 4.99 Å². The molecule has 3 aromatic rings. The highest BCUT2D eigenvalue weighted by molar-refractivity contribution is 5.80. The minimum Gasteiger partial charge on any atom is -0.357 e. The van der Waals surface area contributed by atoms with E-state index >= 15 is 0 Å². The molecule has 146 valence electrons. The van der Waals surface area contributed by atoms with Gasteiger partial charge >= 0.3 is 0 Å². The number of nitrogens with one attached hydrogen (secondary N) is 2. The topological polar surface area (TPSA) is 67.1 Å². The molecule has 0 bridgehead atoms. The summed E-state index contributed by atoms with van der Waals surface area (Å²) in [6, 6.07) is 16.8. The summed E-state index contributed by atoms with van der Waals surface area (Å²) in [5, 5.41) is 11.1. The molecule has 2 N–H and O–H groups in total. The van der Waals surface area contributed by atoms with Gasteiger partial charge in [0.15, 0.2) is 11.8 Å². The standard InChI is InChI=1S/C22H28N6/c1-3-23-22(27-18(2)10-11-19-8-5-4-6-9-19)25-17-20-12-14-24-21(16-20)28-15-7-13-26-28/h4-9,12-16,18H,3,10-11,17H2,1-2H3,(H2,23,25,27). The molecule has 0 saturated heterocycles. The number of rotatable bonds is 8. The number of aliphatic imine (C=N–C) groups is 1. The number of hydrogen-bond acceptors (Lipinski definition) is 3. The van der Waals surface area contributed by atoms with E-state index in [0.717, 1.165) is 36.7 Å². The Labute approximate surface area is 166 Å². The van der Waals surface area contributed by atoms with Crippen molar-refractivity contribution in [3.8, 4) is 5.82 Å². The number of pyridine rings is 1. The molecule has 1 unspecified atom stereocenters. The lowest BCUT2D eigenvalue weighted by molar-refractivity contribution is 0.593. The summed E-state index contributed by atoms with van der Waals surface area (Å²) in [5.41, 5.74) is 2.45. The first-order valence-electron chi connectivity index (χ1n) is 9.78. The average molecular weight is 377 g/mol. The minimum atomic E-state index is 0.329. The summed E-state index contributed by atoms with van der Waals surface area (Å²) in [6.45, 7) is 5.68. The van der Waals surface area contributed by atoms with E-state index in [2.05, 4.69) is 64.9 Å². The Morgan fingerprint density at radius 2 is 1.96 bits per heavy atom. The highest BCUT2D eigenvalue weighted by atomic mass is 15.3. The molecule has 6 heteroatoms. The molecule has 0 aliphatic carbocycles. The van der Waals surface area contributed by atoms with Crippen LogP contribution in [0.2, 0.25) is 0 Å². The number of guanidine groups is 1. The lowest BCUT2D eigenvalue weighted by atomic mass is 10.1. The molecule has 1 aromatic carbocycles. The van der Waals surface area contributed by atoms with Crippen LogP contribution in [0.1, 0.15) is 31.4 Å². The van der Waals surface area contributed by atoms with Crippen molar-refractivity contribution >= 4 is 5.96 Å². The molecular weight excluding hydrogens is 348 g/mol. The van der Waals surface area contributed by atoms with Gasteiger partial charge in [-0.3, -0.25) is 0 Å². The molecule has 0 saturated carbocycles. The molecule has 28 heavy (non-hydrogen) atoms. The average Bonchev–Trinajstić information content (AvgIpc) is 3.27. The first-order valence-corrected chi connectivity index (χ1v) is 9.78. The van der Waals surface area contributed by atoms with E-state index in [0.29, 0.717) is 12.6 Å². The molecule has 3 rings (SSSR count). The Kier molecular flexibility index (Phi) is 7.18. The fourth-order valence-electron chi connectivity index (χ4n) is 2.91. The molecule has 6 nitrogen and oxygen atoms in total. The van der Waals surface area contributed by atoms with Crippen LogP contribution in [0.15, 0.2) is 72.1 Å². The fourth-order valence-corrected chi connectivity index (χ4v) is 2.91. The first-order chi connectivity index (χ1) is 13.7. The SMILES string of the molecule is CCNC(=NCc1ccnc(-n2cccn2)c1)NC(C)CCc1ccccc1. The zero-order chi connectivity index (χ0) is 19.6. The van der Waals surface area contributed by atoms with Crippen LogP contribution in [-0.2, 0) is 13.0 Å². The van der Waals surface area contributed by atoms with Crippen LogP contribution in [0, 0.1) is 0 Å². The molecule has 2 heterocycles. The molecule has 0 fully saturated rings. The number of aromatic nitrogens is 3. The van der Waals surface area contributed by atoms with Crippen LogP contribution in [0.4, 0.5) is 0 Å². The predicted molar refractivity (Wildman–Crippen MR) is 114 cm³/mol. The monoisotopic (exact) mass is 376 g/mol. The van der Waals surface area contributed by atoms with Crippen LogP contribution in [-0.4, -0.2) is 33.3 Å². The minimum absolute atomic E-state index is 0.329. The van der Waals surface area contributed by atoms with Gasteiger partial charge in [-0.05, 0) is 56.0 Å². The number of benzene rings is 1. The Morgan fingerprint density at radius 3 is 2.71 bits per heavy atom. The van der Waals surface area contributed by atoms with Crippen LogP contribution < -0.4 is 10.6 Å². The summed E-state index contributed by atoms with van der Waals surface area (Å²) < 4.78 is 1.75. The van der Waals surface area contributed by atoms with E-state index in [1.54, 1.807) is 17.1 Å². The van der Waals surface area contributed by atoms with Crippen LogP contribution in [0.5, 0.6) is 0 Å². The van der Waals surface area contributed by atoms with Gasteiger partial charge in [-0.2, -0.15) is 5.10 Å². The lowest BCUT2D eigenvalue weighted by Crippen LogP contribution is -2.42. The van der Waals surface area contributed by atoms with Gasteiger partial charge < -0.3 is 10.6 Å². The van der Waals surface area contributed by atoms with E-state index < -0.39 is 0 Å². The van der Waals surface area contributed by atoms with Crippen molar-refractivity contribution in [2.45, 2.75) is 39.3 Å². The molecule has 0 aliphatic rings. The van der Waals surface area contributed by atoms with Crippen molar-refractivity contribution in [3.63, 3.8) is 0 Å². The van der Waals surface area contributed by atoms with E-state index in [-0.39, 0.29) is 0 Å². The third-order valence-corrected chi connectivity index (χ3v) is 4.40. The predicted octanol–water partition coefficient (Wildman–Crippen LogP) is 3.34. The van der Waals surface area contributed by atoms with Gasteiger partial charge in [0.1, 0.15) is 0 Å². The van der Waals surface area contributed by atoms with Gasteiger partial charge in [0.05, 0.1) is 6.54 Å². The molecule has 0 radical (unpaired) electrons. The van der Waals surface area contributed by atoms with Gasteiger partial charge in [-0.25, -0.2) is 14.7 Å². The van der Waals surface area contributed by atoms with Crippen LogP contribution >= 0.6 is 0 Å². The summed E-state index contributed by atoms with van der Waals surface area (Å²) in [5.74, 6) is 1.63. The third kappa shape index (κ3) is 5.94. The van der Waals surface area contributed by atoms with E-state index in [4.69, 9.17) is 4.99 Å². The Hall–Kier alpha value is -3.15. The zero-order valence-electron chi connectivity index (χ0n) is 16.5. The highest BCUT2D eigenvalue weighted by Crippen LogP contribution is 2.08. The van der Waals surface area contributed by atoms with E-state index in [1.165, 1.54) is 5.56 Å². The van der Waals surface area contributed by atoms with Crippen molar-refractivity contribution in [1.29, 1.82) is 0 Å². The molecule has 0 spiro atoms. The van der Waals surface area contributed by atoms with Gasteiger partial charge in [-0.15, -0.1) is 0 Å². The summed E-state index contributed by atoms with van der Waals surface area (Å²) in [6.07, 6.45) is 7.52. The maximum absolute atomic E-state index is 4.74. The Balaban J connectivity index is 1.58. The van der Waals surface area contributed by atoms with Gasteiger partial charge in [0, 0.05) is 31.2 Å². The normalized spacial score (nSPS) is 12.6. The van der Waals surface area contributed by atoms with E-state index in [1.807, 2.05) is 24.4 Å². The molecule has 0 amide bonds. The molecule has 1 atom stereocenters. The maximum Gasteiger partial charge on any atom is 0.191 e. The van der Waals surface area contributed by atoms with Crippen LogP contribution in [0.3, 0.4) is 0 Å². The molecule has 2 aromatic heterocycles. The second-order valence-corrected chi connectivity index (χ2v) is 6.74. The number of nitrogens with zero attached hydrogens (tertiary/aromatic N) is 4. The third-order valence-electron chi connectivity index (χ3n) is 4.40. The second kappa shape index (κ2) is 10.3. The maximum atomic E-state index is 4.74. The fraction of sp³-hybridized carbons (Fsp3) is 0.318. The Bertz CT molecular complexity index is 858. The van der Waals surface area contributed by atoms with Gasteiger partial charge in [0.2, 0.25) is 0 Å². The highest BCUT2D eigenvalue weighted by Gasteiger charge is 2.06. The number of aryl methyl sites for hydroxylation is 1. The smallest absolute Gasteiger partial charge is 0.191 e. The molecular formula is C22H28N6. The largest absolute Gasteiger partial charge is 0.357 e. The van der Waals surface area contributed by atoms with Crippen molar-refractivity contribution in [3.05, 3.63) is 78.2 Å². The van der Waals surface area contributed by atoms with E-state index in [9.17, 15) is 0 Å². The summed E-state index contributed by atoms with van der Waals surface area (Å²) >= 11 is 0.